The van der Waals surface area contributed by atoms with Crippen LogP contribution in [0.2, 0.25) is 0 Å². The molecule has 1 amide bonds. The average Bonchev–Trinajstić information content (AvgIpc) is 2.98. The quantitative estimate of drug-likeness (QED) is 0.797. The minimum absolute atomic E-state index is 0.145. The maximum atomic E-state index is 12.6. The number of carbonyl (C=O) groups is 1. The monoisotopic (exact) mass is 251 g/mol. The molecule has 1 atom stereocenters. The fourth-order valence-electron chi connectivity index (χ4n) is 2.78. The van der Waals surface area contributed by atoms with E-state index in [1.165, 1.54) is 5.56 Å². The van der Waals surface area contributed by atoms with Crippen LogP contribution in [-0.2, 0) is 0 Å². The molecule has 0 saturated carbocycles. The molecule has 2 heteroatoms. The van der Waals surface area contributed by atoms with Crippen LogP contribution in [-0.4, -0.2) is 17.4 Å². The normalized spacial score (nSPS) is 18.5. The Bertz CT molecular complexity index is 550. The molecule has 0 radical (unpaired) electrons. The summed E-state index contributed by atoms with van der Waals surface area (Å²) in [5.74, 6) is 0.145. The maximum Gasteiger partial charge on any atom is 0.254 e. The number of hydrogen-bond acceptors (Lipinski definition) is 1. The third kappa shape index (κ3) is 2.39. The molecular formula is C17H17NO. The third-order valence-electron chi connectivity index (χ3n) is 3.72. The van der Waals surface area contributed by atoms with Gasteiger partial charge in [0.15, 0.2) is 0 Å². The number of rotatable bonds is 2. The fourth-order valence-corrected chi connectivity index (χ4v) is 2.78. The largest absolute Gasteiger partial charge is 0.332 e. The van der Waals surface area contributed by atoms with E-state index in [0.29, 0.717) is 0 Å². The van der Waals surface area contributed by atoms with Gasteiger partial charge < -0.3 is 4.90 Å². The zero-order chi connectivity index (χ0) is 13.1. The van der Waals surface area contributed by atoms with E-state index in [2.05, 4.69) is 12.1 Å². The summed E-state index contributed by atoms with van der Waals surface area (Å²) < 4.78 is 0. The maximum absolute atomic E-state index is 12.6. The number of nitrogens with zero attached hydrogens (tertiary/aromatic N) is 1. The number of likely N-dealkylation sites (tertiary alicyclic amines) is 1. The van der Waals surface area contributed by atoms with E-state index in [9.17, 15) is 4.79 Å². The van der Waals surface area contributed by atoms with E-state index < -0.39 is 0 Å². The van der Waals surface area contributed by atoms with Crippen molar-refractivity contribution in [3.63, 3.8) is 0 Å². The molecule has 3 rings (SSSR count). The fraction of sp³-hybridized carbons (Fsp3) is 0.235. The van der Waals surface area contributed by atoms with E-state index in [-0.39, 0.29) is 11.9 Å². The van der Waals surface area contributed by atoms with Crippen LogP contribution in [0.5, 0.6) is 0 Å². The predicted molar refractivity (Wildman–Crippen MR) is 75.9 cm³/mol. The molecule has 2 aromatic carbocycles. The van der Waals surface area contributed by atoms with Crippen LogP contribution in [0.4, 0.5) is 0 Å². The van der Waals surface area contributed by atoms with Crippen molar-refractivity contribution in [1.29, 1.82) is 0 Å². The molecule has 0 unspecified atom stereocenters. The number of carbonyl (C=O) groups excluding carboxylic acids is 1. The second kappa shape index (κ2) is 5.27. The number of amides is 1. The van der Waals surface area contributed by atoms with E-state index in [0.717, 1.165) is 24.9 Å². The van der Waals surface area contributed by atoms with Crippen LogP contribution >= 0.6 is 0 Å². The Morgan fingerprint density at radius 3 is 2.26 bits per heavy atom. The van der Waals surface area contributed by atoms with Gasteiger partial charge in [-0.05, 0) is 30.5 Å². The van der Waals surface area contributed by atoms with Gasteiger partial charge >= 0.3 is 0 Å². The Balaban J connectivity index is 1.86. The number of hydrogen-bond donors (Lipinski definition) is 0. The zero-order valence-electron chi connectivity index (χ0n) is 10.8. The first-order chi connectivity index (χ1) is 9.36. The predicted octanol–water partition coefficient (Wildman–Crippen LogP) is 3.66. The van der Waals surface area contributed by atoms with Gasteiger partial charge in [-0.1, -0.05) is 48.5 Å². The smallest absolute Gasteiger partial charge is 0.254 e. The molecule has 0 spiro atoms. The summed E-state index contributed by atoms with van der Waals surface area (Å²) in [6.07, 6.45) is 2.14. The third-order valence-corrected chi connectivity index (χ3v) is 3.72. The molecule has 2 nitrogen and oxygen atoms in total. The van der Waals surface area contributed by atoms with E-state index in [1.54, 1.807) is 0 Å². The van der Waals surface area contributed by atoms with Crippen molar-refractivity contribution in [3.8, 4) is 0 Å². The van der Waals surface area contributed by atoms with Gasteiger partial charge in [-0.2, -0.15) is 0 Å². The molecule has 19 heavy (non-hydrogen) atoms. The van der Waals surface area contributed by atoms with Gasteiger partial charge in [0, 0.05) is 12.1 Å². The highest BCUT2D eigenvalue weighted by molar-refractivity contribution is 5.94. The van der Waals surface area contributed by atoms with Crippen LogP contribution in [0.3, 0.4) is 0 Å². The lowest BCUT2D eigenvalue weighted by Gasteiger charge is -2.25. The minimum Gasteiger partial charge on any atom is -0.332 e. The lowest BCUT2D eigenvalue weighted by Crippen LogP contribution is -2.30. The average molecular weight is 251 g/mol. The van der Waals surface area contributed by atoms with E-state index in [1.807, 2.05) is 53.4 Å². The topological polar surface area (TPSA) is 20.3 Å². The van der Waals surface area contributed by atoms with Crippen LogP contribution in [0.15, 0.2) is 60.7 Å². The molecule has 0 bridgehead atoms. The first kappa shape index (κ1) is 12.0. The van der Waals surface area contributed by atoms with Crippen molar-refractivity contribution in [2.24, 2.45) is 0 Å². The Morgan fingerprint density at radius 2 is 1.58 bits per heavy atom. The van der Waals surface area contributed by atoms with Crippen molar-refractivity contribution in [1.82, 2.24) is 4.90 Å². The molecule has 1 aliphatic heterocycles. The van der Waals surface area contributed by atoms with Gasteiger partial charge in [-0.25, -0.2) is 0 Å². The first-order valence-corrected chi connectivity index (χ1v) is 6.77. The summed E-state index contributed by atoms with van der Waals surface area (Å²) >= 11 is 0. The van der Waals surface area contributed by atoms with Crippen molar-refractivity contribution >= 4 is 5.91 Å². The van der Waals surface area contributed by atoms with Crippen LogP contribution in [0.1, 0.15) is 34.8 Å². The van der Waals surface area contributed by atoms with Gasteiger partial charge in [-0.15, -0.1) is 0 Å². The molecule has 0 aliphatic carbocycles. The summed E-state index contributed by atoms with van der Waals surface area (Å²) in [7, 11) is 0. The molecule has 1 aliphatic rings. The van der Waals surface area contributed by atoms with Crippen molar-refractivity contribution < 1.29 is 4.79 Å². The molecule has 1 fully saturated rings. The van der Waals surface area contributed by atoms with Crippen molar-refractivity contribution in [3.05, 3.63) is 71.8 Å². The summed E-state index contributed by atoms with van der Waals surface area (Å²) in [5.41, 5.74) is 2.02. The summed E-state index contributed by atoms with van der Waals surface area (Å²) in [6, 6.07) is 20.1. The first-order valence-electron chi connectivity index (χ1n) is 6.77. The molecular weight excluding hydrogens is 234 g/mol. The Morgan fingerprint density at radius 1 is 0.947 bits per heavy atom. The standard InChI is InChI=1S/C17H17NO/c19-17(15-10-5-2-6-11-15)18-13-7-12-16(18)14-8-3-1-4-9-14/h1-6,8-11,16H,7,12-13H2/t16-/m0/s1. The highest BCUT2D eigenvalue weighted by Gasteiger charge is 2.30. The SMILES string of the molecule is O=C(c1ccccc1)N1CCC[C@H]1c1ccccc1. The molecule has 0 aromatic heterocycles. The number of benzene rings is 2. The summed E-state index contributed by atoms with van der Waals surface area (Å²) in [4.78, 5) is 14.6. The minimum atomic E-state index is 0.145. The Labute approximate surface area is 113 Å². The summed E-state index contributed by atoms with van der Waals surface area (Å²) in [6.45, 7) is 0.854. The van der Waals surface area contributed by atoms with Gasteiger partial charge in [-0.3, -0.25) is 4.79 Å². The highest BCUT2D eigenvalue weighted by Crippen LogP contribution is 2.32. The van der Waals surface area contributed by atoms with Gasteiger partial charge in [0.1, 0.15) is 0 Å². The highest BCUT2D eigenvalue weighted by atomic mass is 16.2. The Hall–Kier alpha value is -2.09. The van der Waals surface area contributed by atoms with Gasteiger partial charge in [0.25, 0.3) is 5.91 Å². The molecule has 2 aromatic rings. The lowest BCUT2D eigenvalue weighted by molar-refractivity contribution is 0.0735. The van der Waals surface area contributed by atoms with E-state index >= 15 is 0 Å². The van der Waals surface area contributed by atoms with E-state index in [4.69, 9.17) is 0 Å². The lowest BCUT2D eigenvalue weighted by atomic mass is 10.0. The molecule has 96 valence electrons. The zero-order valence-corrected chi connectivity index (χ0v) is 10.8. The van der Waals surface area contributed by atoms with Crippen molar-refractivity contribution in [2.45, 2.75) is 18.9 Å². The molecule has 0 N–H and O–H groups in total. The molecule has 1 saturated heterocycles. The van der Waals surface area contributed by atoms with Crippen molar-refractivity contribution in [2.75, 3.05) is 6.54 Å². The van der Waals surface area contributed by atoms with Gasteiger partial charge in [0.05, 0.1) is 6.04 Å². The van der Waals surface area contributed by atoms with Crippen LogP contribution < -0.4 is 0 Å². The summed E-state index contributed by atoms with van der Waals surface area (Å²) in [5, 5.41) is 0. The Kier molecular flexibility index (Phi) is 3.32. The second-order valence-corrected chi connectivity index (χ2v) is 4.93. The van der Waals surface area contributed by atoms with Crippen LogP contribution in [0.25, 0.3) is 0 Å². The second-order valence-electron chi connectivity index (χ2n) is 4.93. The molecule has 1 heterocycles. The van der Waals surface area contributed by atoms with Crippen LogP contribution in [0, 0.1) is 0 Å². The van der Waals surface area contributed by atoms with Gasteiger partial charge in [0.2, 0.25) is 0 Å².